The molecule has 1 heterocycles. The molecule has 1 aliphatic heterocycles. The van der Waals surface area contributed by atoms with E-state index in [2.05, 4.69) is 394 Å². The van der Waals surface area contributed by atoms with Crippen LogP contribution in [-0.2, 0) is 21.7 Å². The van der Waals surface area contributed by atoms with E-state index >= 15 is 0 Å². The zero-order valence-electron chi connectivity index (χ0n) is 83.3. The van der Waals surface area contributed by atoms with Gasteiger partial charge in [-0.2, -0.15) is 0 Å². The maximum absolute atomic E-state index is 7.52. The van der Waals surface area contributed by atoms with Gasteiger partial charge in [-0.15, -0.1) is 0 Å². The van der Waals surface area contributed by atoms with E-state index in [0.717, 1.165) is 85.9 Å². The minimum Gasteiger partial charge on any atom is -0.453 e. The fraction of sp³-hybridized carbons (Fsp3) is 0.309. The molecule has 0 fully saturated rings. The van der Waals surface area contributed by atoms with Gasteiger partial charge in [-0.25, -0.2) is 0 Å². The molecule has 138 heavy (non-hydrogen) atoms. The SMILES string of the molecule is CCCCCCCCC1(CCCCCCCC)c2ccccc2-c2ccc(C3=CC4=C(CC3)c3ccc(-c5ccc6c(c5)N(c5c(-c7ccc(-c8ccccc8)cc7)cc(-c7ccccc7)cc5-c5ccc(-c7ccccc7)cc5)c5cc(-c7ccc8c(c7)C(C)(C)c7cc(-c9ccc%10c(c9)C(CCCCCCCC)(CCCCCCCC)c9ccccc9-%10)ccc7-8)ccc5O6)cc3C4(C)C)cc21. The van der Waals surface area contributed by atoms with Crippen molar-refractivity contribution in [1.29, 1.82) is 0 Å². The van der Waals surface area contributed by atoms with Crippen LogP contribution in [0.5, 0.6) is 11.5 Å². The predicted octanol–water partition coefficient (Wildman–Crippen LogP) is 40.4. The number of rotatable bonds is 38. The van der Waals surface area contributed by atoms with Crippen LogP contribution in [0.1, 0.15) is 298 Å². The monoisotopic (exact) mass is 1800 g/mol. The molecule has 15 aromatic rings. The van der Waals surface area contributed by atoms with Gasteiger partial charge in [-0.05, 0) is 283 Å². The maximum Gasteiger partial charge on any atom is 0.151 e. The second-order valence-electron chi connectivity index (χ2n) is 42.4. The summed E-state index contributed by atoms with van der Waals surface area (Å²) >= 11 is 0. The average Bonchev–Trinajstić information content (AvgIpc) is 0.852. The number of ether oxygens (including phenoxy) is 1. The molecular formula is C136H139NO. The zero-order chi connectivity index (χ0) is 93.9. The number of hydrogen-bond acceptors (Lipinski definition) is 2. The Hall–Kier alpha value is -12.6. The van der Waals surface area contributed by atoms with Crippen molar-refractivity contribution in [2.75, 3.05) is 4.90 Å². The highest BCUT2D eigenvalue weighted by Crippen LogP contribution is 2.63. The fourth-order valence-electron chi connectivity index (χ4n) is 25.4. The van der Waals surface area contributed by atoms with Crippen LogP contribution < -0.4 is 9.64 Å². The van der Waals surface area contributed by atoms with Crippen molar-refractivity contribution in [3.05, 3.63) is 389 Å². The van der Waals surface area contributed by atoms with E-state index in [1.807, 2.05) is 0 Å². The zero-order valence-corrected chi connectivity index (χ0v) is 83.3. The quantitative estimate of drug-likeness (QED) is 0.0358. The van der Waals surface area contributed by atoms with Gasteiger partial charge in [0.1, 0.15) is 0 Å². The summed E-state index contributed by atoms with van der Waals surface area (Å²) in [5.41, 5.74) is 47.4. The van der Waals surface area contributed by atoms with E-state index in [1.165, 1.54) is 302 Å². The largest absolute Gasteiger partial charge is 0.453 e. The summed E-state index contributed by atoms with van der Waals surface area (Å²) in [5.74, 6) is 1.60. The van der Waals surface area contributed by atoms with Crippen molar-refractivity contribution >= 4 is 28.2 Å². The Labute approximate surface area is 824 Å². The van der Waals surface area contributed by atoms with Crippen molar-refractivity contribution in [2.45, 2.75) is 270 Å². The van der Waals surface area contributed by atoms with Crippen LogP contribution in [0.15, 0.2) is 339 Å². The third kappa shape index (κ3) is 17.5. The Kier molecular flexibility index (Phi) is 26.6. The van der Waals surface area contributed by atoms with Gasteiger partial charge in [0.15, 0.2) is 11.5 Å². The molecule has 0 bridgehead atoms. The molecule has 0 atom stereocenters. The molecule has 0 saturated heterocycles. The lowest BCUT2D eigenvalue weighted by atomic mass is 9.70. The van der Waals surface area contributed by atoms with Gasteiger partial charge in [0, 0.05) is 32.8 Å². The lowest BCUT2D eigenvalue weighted by Crippen LogP contribution is -2.25. The number of allylic oxidation sites excluding steroid dienone is 4. The second-order valence-corrected chi connectivity index (χ2v) is 42.4. The normalized spacial score (nSPS) is 14.8. The third-order valence-electron chi connectivity index (χ3n) is 33.1. The summed E-state index contributed by atoms with van der Waals surface area (Å²) < 4.78 is 7.52. The summed E-state index contributed by atoms with van der Waals surface area (Å²) in [6.07, 6.45) is 41.0. The lowest BCUT2D eigenvalue weighted by Gasteiger charge is -2.36. The first-order valence-corrected chi connectivity index (χ1v) is 53.5. The molecule has 0 radical (unpaired) electrons. The molecule has 6 aliphatic rings. The molecule has 2 heteroatoms. The molecule has 0 saturated carbocycles. The Morgan fingerprint density at radius 2 is 0.522 bits per heavy atom. The molecule has 0 unspecified atom stereocenters. The summed E-state index contributed by atoms with van der Waals surface area (Å²) in [4.78, 5) is 2.60. The van der Waals surface area contributed by atoms with Crippen molar-refractivity contribution in [2.24, 2.45) is 0 Å². The molecule has 0 N–H and O–H groups in total. The van der Waals surface area contributed by atoms with Crippen molar-refractivity contribution in [3.63, 3.8) is 0 Å². The Morgan fingerprint density at radius 3 is 0.935 bits per heavy atom. The van der Waals surface area contributed by atoms with E-state index < -0.39 is 0 Å². The Morgan fingerprint density at radius 1 is 0.225 bits per heavy atom. The highest BCUT2D eigenvalue weighted by Gasteiger charge is 2.46. The van der Waals surface area contributed by atoms with E-state index in [0.29, 0.717) is 0 Å². The van der Waals surface area contributed by atoms with Crippen LogP contribution in [0.25, 0.3) is 134 Å². The number of unbranched alkanes of at least 4 members (excludes halogenated alkanes) is 20. The van der Waals surface area contributed by atoms with Gasteiger partial charge < -0.3 is 9.64 Å². The third-order valence-corrected chi connectivity index (χ3v) is 33.1. The van der Waals surface area contributed by atoms with E-state index in [4.69, 9.17) is 4.74 Å². The van der Waals surface area contributed by atoms with Crippen LogP contribution in [0.3, 0.4) is 0 Å². The van der Waals surface area contributed by atoms with E-state index in [9.17, 15) is 0 Å². The molecule has 694 valence electrons. The number of hydrogen-bond donors (Lipinski definition) is 0. The Balaban J connectivity index is 0.669. The number of nitrogens with zero attached hydrogens (tertiary/aromatic N) is 1. The Bertz CT molecular complexity index is 6870. The molecule has 0 aromatic heterocycles. The van der Waals surface area contributed by atoms with Crippen molar-refractivity contribution in [3.8, 4) is 134 Å². The van der Waals surface area contributed by atoms with Crippen LogP contribution in [-0.4, -0.2) is 0 Å². The molecular weight excluding hydrogens is 1660 g/mol. The first-order chi connectivity index (χ1) is 67.7. The molecule has 15 aromatic carbocycles. The first-order valence-electron chi connectivity index (χ1n) is 53.5. The highest BCUT2D eigenvalue weighted by molar-refractivity contribution is 6.05. The minimum atomic E-state index is -0.302. The van der Waals surface area contributed by atoms with Crippen molar-refractivity contribution in [1.82, 2.24) is 0 Å². The second kappa shape index (κ2) is 40.1. The highest BCUT2D eigenvalue weighted by atomic mass is 16.5. The minimum absolute atomic E-state index is 0.00526. The molecule has 0 spiro atoms. The maximum atomic E-state index is 7.52. The van der Waals surface area contributed by atoms with Crippen molar-refractivity contribution < 1.29 is 4.74 Å². The van der Waals surface area contributed by atoms with E-state index in [1.54, 1.807) is 22.3 Å². The van der Waals surface area contributed by atoms with Crippen LogP contribution in [0.2, 0.25) is 0 Å². The number of benzene rings is 15. The molecule has 5 aliphatic carbocycles. The first kappa shape index (κ1) is 91.8. The van der Waals surface area contributed by atoms with Crippen LogP contribution >= 0.6 is 0 Å². The topological polar surface area (TPSA) is 12.5 Å². The predicted molar refractivity (Wildman–Crippen MR) is 590 cm³/mol. The summed E-state index contributed by atoms with van der Waals surface area (Å²) in [6, 6.07) is 127. The van der Waals surface area contributed by atoms with E-state index in [-0.39, 0.29) is 21.7 Å². The standard InChI is InChI=1S/C136H139NO/c1-9-13-17-21-25-42-80-135(81-43-26-22-18-14-10-2)120-54-40-38-52-110(120)116-76-68-105(90-126(116)135)101-64-72-112-114-74-66-103(88-124(114)133(5,6)122(112)86-101)107-70-78-130-128(92-107)137(132-118(99-60-56-97(57-61-99)94-46-32-29-33-47-94)84-109(96-50-36-31-37-51-96)85-119(132)100-62-58-98(59-63-100)95-48-34-30-35-49-95)129-93-108(71-79-131(129)138-130)104-67-75-115-113-73-65-102(87-123(113)134(7,8)125(115)89-104)106-69-77-117-111-53-39-41-55-121(111)136(127(117)91-106,82-44-27-23-19-15-11-3)83-45-28-24-20-16-12-4/h29-41,46-64,66-72,74-79,84-93H,9-28,42-45,65,73,80-83H2,1-8H3. The average molecular weight is 1800 g/mol. The van der Waals surface area contributed by atoms with Gasteiger partial charge in [-0.3, -0.25) is 0 Å². The summed E-state index contributed by atoms with van der Waals surface area (Å²) in [7, 11) is 0. The number of fused-ring (bicyclic) bond motifs is 13. The summed E-state index contributed by atoms with van der Waals surface area (Å²) in [6.45, 7) is 19.3. The lowest BCUT2D eigenvalue weighted by molar-refractivity contribution is 0.398. The van der Waals surface area contributed by atoms with Crippen LogP contribution in [0.4, 0.5) is 17.1 Å². The van der Waals surface area contributed by atoms with Gasteiger partial charge >= 0.3 is 0 Å². The molecule has 21 rings (SSSR count). The number of anilines is 3. The molecule has 0 amide bonds. The van der Waals surface area contributed by atoms with Crippen LogP contribution in [0, 0.1) is 0 Å². The van der Waals surface area contributed by atoms with Gasteiger partial charge in [0.05, 0.1) is 17.1 Å². The van der Waals surface area contributed by atoms with Gasteiger partial charge in [-0.1, -0.05) is 476 Å². The molecule has 2 nitrogen and oxygen atoms in total. The fourth-order valence-corrected chi connectivity index (χ4v) is 25.4. The van der Waals surface area contributed by atoms with Gasteiger partial charge in [0.2, 0.25) is 0 Å². The summed E-state index contributed by atoms with van der Waals surface area (Å²) in [5, 5.41) is 0. The smallest absolute Gasteiger partial charge is 0.151 e. The van der Waals surface area contributed by atoms with Gasteiger partial charge in [0.25, 0.3) is 0 Å².